The van der Waals surface area contributed by atoms with Gasteiger partial charge in [-0.3, -0.25) is 4.79 Å². The smallest absolute Gasteiger partial charge is 0.177 e. The molecule has 2 aromatic carbocycles. The van der Waals surface area contributed by atoms with Gasteiger partial charge in [-0.1, -0.05) is 35.5 Å². The van der Waals surface area contributed by atoms with Gasteiger partial charge >= 0.3 is 0 Å². The standard InChI is InChI=1S/C15H11NO2/c1-10-5-2-3-7-12(10)14-13-8-4-6-11(9-17)15(13)18-16-14/h2-9H,1H3. The summed E-state index contributed by atoms with van der Waals surface area (Å²) >= 11 is 0. The van der Waals surface area contributed by atoms with Crippen molar-refractivity contribution >= 4 is 17.3 Å². The van der Waals surface area contributed by atoms with Crippen molar-refractivity contribution in [3.05, 3.63) is 53.6 Å². The lowest BCUT2D eigenvalue weighted by Crippen LogP contribution is -1.83. The molecule has 3 aromatic rings. The molecule has 0 bridgehead atoms. The first-order chi connectivity index (χ1) is 8.81. The Morgan fingerprint density at radius 1 is 1.11 bits per heavy atom. The van der Waals surface area contributed by atoms with Crippen LogP contribution in [0.15, 0.2) is 47.0 Å². The van der Waals surface area contributed by atoms with Crippen LogP contribution in [0.4, 0.5) is 0 Å². The van der Waals surface area contributed by atoms with Gasteiger partial charge in [0.1, 0.15) is 5.69 Å². The van der Waals surface area contributed by atoms with Crippen LogP contribution in [0.25, 0.3) is 22.2 Å². The zero-order chi connectivity index (χ0) is 12.5. The minimum absolute atomic E-state index is 0.528. The van der Waals surface area contributed by atoms with E-state index in [9.17, 15) is 4.79 Å². The highest BCUT2D eigenvalue weighted by Crippen LogP contribution is 2.30. The molecule has 18 heavy (non-hydrogen) atoms. The van der Waals surface area contributed by atoms with Crippen LogP contribution in [-0.2, 0) is 0 Å². The van der Waals surface area contributed by atoms with Crippen LogP contribution in [0.1, 0.15) is 15.9 Å². The molecule has 0 fully saturated rings. The van der Waals surface area contributed by atoms with Crippen LogP contribution in [0.2, 0.25) is 0 Å². The summed E-state index contributed by atoms with van der Waals surface area (Å²) in [4.78, 5) is 10.9. The van der Waals surface area contributed by atoms with E-state index in [2.05, 4.69) is 5.16 Å². The van der Waals surface area contributed by atoms with Crippen LogP contribution < -0.4 is 0 Å². The van der Waals surface area contributed by atoms with Gasteiger partial charge in [-0.05, 0) is 24.6 Å². The fraction of sp³-hybridized carbons (Fsp3) is 0.0667. The lowest BCUT2D eigenvalue weighted by molar-refractivity contribution is 0.112. The molecule has 3 rings (SSSR count). The fourth-order valence-electron chi connectivity index (χ4n) is 2.11. The number of nitrogens with zero attached hydrogens (tertiary/aromatic N) is 1. The van der Waals surface area contributed by atoms with E-state index in [1.807, 2.05) is 43.3 Å². The first-order valence-electron chi connectivity index (χ1n) is 5.71. The Morgan fingerprint density at radius 2 is 1.94 bits per heavy atom. The van der Waals surface area contributed by atoms with Gasteiger partial charge in [-0.25, -0.2) is 0 Å². The summed E-state index contributed by atoms with van der Waals surface area (Å²) in [5.74, 6) is 0. The lowest BCUT2D eigenvalue weighted by Gasteiger charge is -2.01. The number of aryl methyl sites for hydroxylation is 1. The number of carbonyl (C=O) groups is 1. The van der Waals surface area contributed by atoms with E-state index < -0.39 is 0 Å². The van der Waals surface area contributed by atoms with Gasteiger partial charge in [-0.2, -0.15) is 0 Å². The van der Waals surface area contributed by atoms with Gasteiger partial charge in [-0.15, -0.1) is 0 Å². The Morgan fingerprint density at radius 3 is 2.72 bits per heavy atom. The molecule has 0 saturated heterocycles. The molecule has 0 spiro atoms. The Kier molecular flexibility index (Phi) is 2.45. The molecule has 3 heteroatoms. The zero-order valence-electron chi connectivity index (χ0n) is 9.88. The van der Waals surface area contributed by atoms with Crippen molar-refractivity contribution in [2.75, 3.05) is 0 Å². The largest absolute Gasteiger partial charge is 0.355 e. The number of benzene rings is 2. The number of carbonyl (C=O) groups excluding carboxylic acids is 1. The Hall–Kier alpha value is -2.42. The lowest BCUT2D eigenvalue weighted by atomic mass is 10.0. The Labute approximate surface area is 104 Å². The van der Waals surface area contributed by atoms with E-state index in [0.717, 1.165) is 28.5 Å². The number of rotatable bonds is 2. The summed E-state index contributed by atoms with van der Waals surface area (Å²) in [7, 11) is 0. The van der Waals surface area contributed by atoms with Crippen molar-refractivity contribution in [1.82, 2.24) is 5.16 Å². The van der Waals surface area contributed by atoms with E-state index in [1.54, 1.807) is 6.07 Å². The molecule has 1 aromatic heterocycles. The number of para-hydroxylation sites is 1. The molecular weight excluding hydrogens is 226 g/mol. The minimum atomic E-state index is 0.528. The molecule has 0 amide bonds. The number of aromatic nitrogens is 1. The molecule has 1 heterocycles. The molecule has 0 aliphatic rings. The van der Waals surface area contributed by atoms with E-state index in [4.69, 9.17) is 4.52 Å². The number of hydrogen-bond acceptors (Lipinski definition) is 3. The third-order valence-electron chi connectivity index (χ3n) is 3.06. The fourth-order valence-corrected chi connectivity index (χ4v) is 2.11. The van der Waals surface area contributed by atoms with Crippen LogP contribution >= 0.6 is 0 Å². The maximum absolute atomic E-state index is 10.9. The molecule has 88 valence electrons. The second-order valence-electron chi connectivity index (χ2n) is 4.19. The Balaban J connectivity index is 2.32. The van der Waals surface area contributed by atoms with Crippen LogP contribution in [0, 0.1) is 6.92 Å². The van der Waals surface area contributed by atoms with Crippen molar-refractivity contribution in [3.8, 4) is 11.3 Å². The third kappa shape index (κ3) is 1.52. The highest BCUT2D eigenvalue weighted by atomic mass is 16.5. The summed E-state index contributed by atoms with van der Waals surface area (Å²) < 4.78 is 5.30. The SMILES string of the molecule is Cc1ccccc1-c1noc2c(C=O)cccc12. The second-order valence-corrected chi connectivity index (χ2v) is 4.19. The van der Waals surface area contributed by atoms with Crippen LogP contribution in [-0.4, -0.2) is 11.4 Å². The van der Waals surface area contributed by atoms with Gasteiger partial charge in [0.05, 0.1) is 10.9 Å². The topological polar surface area (TPSA) is 43.1 Å². The van der Waals surface area contributed by atoms with E-state index >= 15 is 0 Å². The predicted octanol–water partition coefficient (Wildman–Crippen LogP) is 3.62. The van der Waals surface area contributed by atoms with Crippen molar-refractivity contribution in [2.24, 2.45) is 0 Å². The van der Waals surface area contributed by atoms with Crippen molar-refractivity contribution < 1.29 is 9.32 Å². The summed E-state index contributed by atoms with van der Waals surface area (Å²) in [5.41, 5.74) is 4.01. The normalized spacial score (nSPS) is 10.7. The summed E-state index contributed by atoms with van der Waals surface area (Å²) in [5, 5.41) is 4.97. The Bertz CT molecular complexity index is 728. The van der Waals surface area contributed by atoms with Crippen molar-refractivity contribution in [3.63, 3.8) is 0 Å². The first-order valence-corrected chi connectivity index (χ1v) is 5.71. The third-order valence-corrected chi connectivity index (χ3v) is 3.06. The average molecular weight is 237 g/mol. The molecule has 3 nitrogen and oxygen atoms in total. The number of aldehydes is 1. The quantitative estimate of drug-likeness (QED) is 0.639. The summed E-state index contributed by atoms with van der Waals surface area (Å²) in [6, 6.07) is 13.5. The molecule has 0 radical (unpaired) electrons. The highest BCUT2D eigenvalue weighted by molar-refractivity contribution is 6.00. The summed E-state index contributed by atoms with van der Waals surface area (Å²) in [6.45, 7) is 2.03. The molecule has 0 unspecified atom stereocenters. The zero-order valence-corrected chi connectivity index (χ0v) is 9.88. The van der Waals surface area contributed by atoms with E-state index in [0.29, 0.717) is 11.1 Å². The second kappa shape index (κ2) is 4.11. The molecule has 0 aliphatic heterocycles. The molecular formula is C15H11NO2. The molecule has 0 saturated carbocycles. The van der Waals surface area contributed by atoms with Gasteiger partial charge < -0.3 is 4.52 Å². The monoisotopic (exact) mass is 237 g/mol. The van der Waals surface area contributed by atoms with Gasteiger partial charge in [0, 0.05) is 5.56 Å². The maximum Gasteiger partial charge on any atom is 0.177 e. The van der Waals surface area contributed by atoms with Crippen LogP contribution in [0.3, 0.4) is 0 Å². The average Bonchev–Trinajstić information content (AvgIpc) is 2.83. The van der Waals surface area contributed by atoms with E-state index in [-0.39, 0.29) is 0 Å². The minimum Gasteiger partial charge on any atom is -0.355 e. The molecule has 0 aliphatic carbocycles. The van der Waals surface area contributed by atoms with Gasteiger partial charge in [0.15, 0.2) is 11.9 Å². The number of hydrogen-bond donors (Lipinski definition) is 0. The predicted molar refractivity (Wildman–Crippen MR) is 69.6 cm³/mol. The highest BCUT2D eigenvalue weighted by Gasteiger charge is 2.14. The van der Waals surface area contributed by atoms with Crippen molar-refractivity contribution in [2.45, 2.75) is 6.92 Å². The van der Waals surface area contributed by atoms with Crippen molar-refractivity contribution in [1.29, 1.82) is 0 Å². The van der Waals surface area contributed by atoms with Gasteiger partial charge in [0.25, 0.3) is 0 Å². The first kappa shape index (κ1) is 10.7. The number of fused-ring (bicyclic) bond motifs is 1. The molecule has 0 N–H and O–H groups in total. The van der Waals surface area contributed by atoms with Gasteiger partial charge in [0.2, 0.25) is 0 Å². The summed E-state index contributed by atoms with van der Waals surface area (Å²) in [6.07, 6.45) is 0.787. The van der Waals surface area contributed by atoms with E-state index in [1.165, 1.54) is 0 Å². The molecule has 0 atom stereocenters. The van der Waals surface area contributed by atoms with Crippen LogP contribution in [0.5, 0.6) is 0 Å². The maximum atomic E-state index is 10.9.